The number of aromatic nitrogens is 3. The third-order valence-electron chi connectivity index (χ3n) is 3.00. The zero-order chi connectivity index (χ0) is 13.4. The minimum atomic E-state index is -0.0494. The Bertz CT molecular complexity index is 792. The van der Waals surface area contributed by atoms with Gasteiger partial charge >= 0.3 is 0 Å². The summed E-state index contributed by atoms with van der Waals surface area (Å²) in [6, 6.07) is 3.79. The zero-order valence-corrected chi connectivity index (χ0v) is 11.4. The maximum atomic E-state index is 12.4. The van der Waals surface area contributed by atoms with Gasteiger partial charge in [-0.05, 0) is 28.5 Å². The van der Waals surface area contributed by atoms with Crippen molar-refractivity contribution in [2.24, 2.45) is 7.05 Å². The highest BCUT2D eigenvalue weighted by molar-refractivity contribution is 7.08. The van der Waals surface area contributed by atoms with Gasteiger partial charge in [0.05, 0.1) is 0 Å². The van der Waals surface area contributed by atoms with Crippen LogP contribution in [0, 0.1) is 0 Å². The normalized spacial score (nSPS) is 10.8. The molecular formula is C13H12N4OS. The van der Waals surface area contributed by atoms with Gasteiger partial charge in [-0.2, -0.15) is 16.3 Å². The number of thiophene rings is 1. The molecule has 6 heteroatoms. The van der Waals surface area contributed by atoms with Crippen molar-refractivity contribution >= 4 is 28.3 Å². The predicted molar refractivity (Wildman–Crippen MR) is 77.6 cm³/mol. The summed E-state index contributed by atoms with van der Waals surface area (Å²) in [6.07, 6.45) is 1.73. The van der Waals surface area contributed by atoms with Gasteiger partial charge in [0.15, 0.2) is 0 Å². The second-order valence-corrected chi connectivity index (χ2v) is 4.94. The molecule has 0 unspecified atom stereocenters. The number of rotatable bonds is 2. The van der Waals surface area contributed by atoms with Crippen molar-refractivity contribution in [2.45, 2.75) is 0 Å². The van der Waals surface area contributed by atoms with Crippen molar-refractivity contribution in [3.63, 3.8) is 0 Å². The Kier molecular flexibility index (Phi) is 2.79. The average molecular weight is 272 g/mol. The lowest BCUT2D eigenvalue weighted by atomic mass is 10.1. The average Bonchev–Trinajstić information content (AvgIpc) is 2.96. The second kappa shape index (κ2) is 4.47. The Labute approximate surface area is 113 Å². The summed E-state index contributed by atoms with van der Waals surface area (Å²) in [7, 11) is 3.48. The molecule has 0 aromatic carbocycles. The second-order valence-electron chi connectivity index (χ2n) is 4.16. The van der Waals surface area contributed by atoms with E-state index in [2.05, 4.69) is 15.3 Å². The number of nitrogens with zero attached hydrogens (tertiary/aromatic N) is 3. The topological polar surface area (TPSA) is 59.8 Å². The van der Waals surface area contributed by atoms with Crippen LogP contribution in [0.3, 0.4) is 0 Å². The summed E-state index contributed by atoms with van der Waals surface area (Å²) < 4.78 is 1.56. The van der Waals surface area contributed by atoms with Crippen molar-refractivity contribution in [3.8, 4) is 11.1 Å². The smallest absolute Gasteiger partial charge is 0.259 e. The van der Waals surface area contributed by atoms with E-state index in [1.54, 1.807) is 36.2 Å². The molecule has 0 aliphatic heterocycles. The Morgan fingerprint density at radius 3 is 2.95 bits per heavy atom. The monoisotopic (exact) mass is 272 g/mol. The molecule has 0 bridgehead atoms. The van der Waals surface area contributed by atoms with Crippen molar-refractivity contribution in [1.82, 2.24) is 14.5 Å². The molecule has 0 atom stereocenters. The van der Waals surface area contributed by atoms with Crippen LogP contribution in [0.1, 0.15) is 0 Å². The highest BCUT2D eigenvalue weighted by Crippen LogP contribution is 2.22. The van der Waals surface area contributed by atoms with E-state index in [-0.39, 0.29) is 5.56 Å². The van der Waals surface area contributed by atoms with E-state index in [0.29, 0.717) is 17.2 Å². The van der Waals surface area contributed by atoms with Crippen molar-refractivity contribution in [3.05, 3.63) is 39.4 Å². The predicted octanol–water partition coefficient (Wildman–Crippen LogP) is 2.10. The van der Waals surface area contributed by atoms with Crippen molar-refractivity contribution in [2.75, 3.05) is 12.4 Å². The molecule has 0 aliphatic carbocycles. The van der Waals surface area contributed by atoms with Crippen LogP contribution in [-0.2, 0) is 7.05 Å². The number of hydrogen-bond acceptors (Lipinski definition) is 5. The molecule has 0 saturated carbocycles. The molecule has 0 amide bonds. The van der Waals surface area contributed by atoms with Crippen LogP contribution < -0.4 is 10.9 Å². The van der Waals surface area contributed by atoms with E-state index in [1.807, 2.05) is 22.9 Å². The Morgan fingerprint density at radius 2 is 2.26 bits per heavy atom. The lowest BCUT2D eigenvalue weighted by molar-refractivity contribution is 0.887. The van der Waals surface area contributed by atoms with Crippen LogP contribution in [0.25, 0.3) is 22.2 Å². The summed E-state index contributed by atoms with van der Waals surface area (Å²) in [5, 5.41) is 7.64. The molecule has 3 heterocycles. The summed E-state index contributed by atoms with van der Waals surface area (Å²) in [5.74, 6) is 0.505. The van der Waals surface area contributed by atoms with Gasteiger partial charge in [-0.3, -0.25) is 9.36 Å². The first-order valence-electron chi connectivity index (χ1n) is 5.78. The fourth-order valence-corrected chi connectivity index (χ4v) is 2.65. The molecule has 5 nitrogen and oxygen atoms in total. The van der Waals surface area contributed by atoms with Gasteiger partial charge in [0.2, 0.25) is 5.95 Å². The quantitative estimate of drug-likeness (QED) is 0.776. The molecule has 0 radical (unpaired) electrons. The largest absolute Gasteiger partial charge is 0.357 e. The van der Waals surface area contributed by atoms with Gasteiger partial charge in [0.1, 0.15) is 5.65 Å². The summed E-state index contributed by atoms with van der Waals surface area (Å²) in [4.78, 5) is 20.9. The number of hydrogen-bond donors (Lipinski definition) is 1. The van der Waals surface area contributed by atoms with Gasteiger partial charge in [-0.1, -0.05) is 0 Å². The molecule has 3 aromatic rings. The molecule has 0 fully saturated rings. The highest BCUT2D eigenvalue weighted by atomic mass is 32.1. The van der Waals surface area contributed by atoms with Crippen LogP contribution in [-0.4, -0.2) is 21.6 Å². The third kappa shape index (κ3) is 1.90. The van der Waals surface area contributed by atoms with E-state index in [9.17, 15) is 4.79 Å². The fourth-order valence-electron chi connectivity index (χ4n) is 1.99. The van der Waals surface area contributed by atoms with Crippen LogP contribution in [0.2, 0.25) is 0 Å². The van der Waals surface area contributed by atoms with Gasteiger partial charge in [0.25, 0.3) is 5.56 Å². The lowest BCUT2D eigenvalue weighted by Gasteiger charge is -2.08. The van der Waals surface area contributed by atoms with E-state index < -0.39 is 0 Å². The number of fused-ring (bicyclic) bond motifs is 1. The first-order chi connectivity index (χ1) is 9.20. The molecule has 96 valence electrons. The van der Waals surface area contributed by atoms with E-state index in [4.69, 9.17) is 0 Å². The van der Waals surface area contributed by atoms with E-state index in [0.717, 1.165) is 10.9 Å². The number of anilines is 1. The number of pyridine rings is 1. The van der Waals surface area contributed by atoms with Gasteiger partial charge < -0.3 is 5.32 Å². The molecular weight excluding hydrogens is 260 g/mol. The maximum absolute atomic E-state index is 12.4. The van der Waals surface area contributed by atoms with Crippen molar-refractivity contribution in [1.29, 1.82) is 0 Å². The molecule has 0 saturated heterocycles. The Hall–Kier alpha value is -2.21. The van der Waals surface area contributed by atoms with Crippen LogP contribution in [0.4, 0.5) is 5.95 Å². The molecule has 1 N–H and O–H groups in total. The molecule has 3 rings (SSSR count). The van der Waals surface area contributed by atoms with Gasteiger partial charge in [-0.15, -0.1) is 0 Å². The van der Waals surface area contributed by atoms with E-state index >= 15 is 0 Å². The maximum Gasteiger partial charge on any atom is 0.259 e. The number of nitrogens with one attached hydrogen (secondary N) is 1. The molecule has 3 aromatic heterocycles. The Balaban J connectivity index is 2.34. The SMILES string of the molecule is CNc1ncc2cc(-c3ccsc3)c(=O)n(C)c2n1. The fraction of sp³-hybridized carbons (Fsp3) is 0.154. The van der Waals surface area contributed by atoms with Crippen LogP contribution in [0.15, 0.2) is 33.9 Å². The third-order valence-corrected chi connectivity index (χ3v) is 3.69. The van der Waals surface area contributed by atoms with Gasteiger partial charge in [0, 0.05) is 31.2 Å². The standard InChI is InChI=1S/C13H12N4OS/c1-14-13-15-6-9-5-10(8-3-4-19-7-8)12(18)17(2)11(9)16-13/h3-7H,1-2H3,(H,14,15,16). The highest BCUT2D eigenvalue weighted by Gasteiger charge is 2.10. The summed E-state index contributed by atoms with van der Waals surface area (Å²) in [6.45, 7) is 0. The molecule has 19 heavy (non-hydrogen) atoms. The van der Waals surface area contributed by atoms with E-state index in [1.165, 1.54) is 0 Å². The minimum Gasteiger partial charge on any atom is -0.357 e. The first-order valence-corrected chi connectivity index (χ1v) is 6.72. The Morgan fingerprint density at radius 1 is 1.42 bits per heavy atom. The summed E-state index contributed by atoms with van der Waals surface area (Å²) >= 11 is 1.57. The first kappa shape index (κ1) is 11.9. The van der Waals surface area contributed by atoms with Crippen LogP contribution >= 0.6 is 11.3 Å². The molecule has 0 spiro atoms. The number of aryl methyl sites for hydroxylation is 1. The lowest BCUT2D eigenvalue weighted by Crippen LogP contribution is -2.20. The summed E-state index contributed by atoms with van der Waals surface area (Å²) in [5.41, 5.74) is 2.19. The van der Waals surface area contributed by atoms with Crippen LogP contribution in [0.5, 0.6) is 0 Å². The van der Waals surface area contributed by atoms with Gasteiger partial charge in [-0.25, -0.2) is 4.98 Å². The van der Waals surface area contributed by atoms with Crippen molar-refractivity contribution < 1.29 is 0 Å². The zero-order valence-electron chi connectivity index (χ0n) is 10.5. The minimum absolute atomic E-state index is 0.0494. The molecule has 0 aliphatic rings.